The second-order valence-corrected chi connectivity index (χ2v) is 5.63. The maximum atomic E-state index is 3.63. The van der Waals surface area contributed by atoms with Gasteiger partial charge >= 0.3 is 0 Å². The molecule has 2 aromatic carbocycles. The molecule has 100 valence electrons. The van der Waals surface area contributed by atoms with E-state index < -0.39 is 0 Å². The zero-order chi connectivity index (χ0) is 13.7. The number of thioether (sulfide) groups is 1. The first-order chi connectivity index (χ1) is 9.22. The van der Waals surface area contributed by atoms with Crippen LogP contribution in [0.4, 0.5) is 5.69 Å². The van der Waals surface area contributed by atoms with Gasteiger partial charge in [-0.1, -0.05) is 42.8 Å². The van der Waals surface area contributed by atoms with Crippen LogP contribution in [0, 0.1) is 6.92 Å². The molecule has 0 spiro atoms. The normalized spacial score (nSPS) is 12.2. The monoisotopic (exact) mass is 271 g/mol. The number of benzene rings is 2. The molecule has 0 saturated carbocycles. The van der Waals surface area contributed by atoms with Gasteiger partial charge in [-0.25, -0.2) is 0 Å². The second kappa shape index (κ2) is 6.67. The molecule has 1 nitrogen and oxygen atoms in total. The number of aryl methyl sites for hydroxylation is 1. The zero-order valence-corrected chi connectivity index (χ0v) is 12.6. The van der Waals surface area contributed by atoms with Crippen molar-refractivity contribution in [1.29, 1.82) is 0 Å². The molecule has 0 amide bonds. The lowest BCUT2D eigenvalue weighted by molar-refractivity contribution is 0.749. The Kier molecular flexibility index (Phi) is 4.92. The van der Waals surface area contributed by atoms with Crippen molar-refractivity contribution in [1.82, 2.24) is 0 Å². The Morgan fingerprint density at radius 3 is 2.47 bits per heavy atom. The molecule has 0 bridgehead atoms. The van der Waals surface area contributed by atoms with Crippen LogP contribution in [0.5, 0.6) is 0 Å². The third-order valence-corrected chi connectivity index (χ3v) is 4.02. The van der Waals surface area contributed by atoms with E-state index in [0.717, 1.165) is 6.42 Å². The summed E-state index contributed by atoms with van der Waals surface area (Å²) in [7, 11) is 0. The highest BCUT2D eigenvalue weighted by Gasteiger charge is 2.08. The number of nitrogens with one attached hydrogen (secondary N) is 1. The van der Waals surface area contributed by atoms with Crippen LogP contribution in [0.2, 0.25) is 0 Å². The molecule has 0 aliphatic carbocycles. The van der Waals surface area contributed by atoms with Gasteiger partial charge in [0.05, 0.1) is 6.04 Å². The van der Waals surface area contributed by atoms with Crippen LogP contribution in [-0.4, -0.2) is 6.26 Å². The van der Waals surface area contributed by atoms with Gasteiger partial charge < -0.3 is 5.32 Å². The first-order valence-corrected chi connectivity index (χ1v) is 7.92. The van der Waals surface area contributed by atoms with Gasteiger partial charge in [-0.2, -0.15) is 0 Å². The highest BCUT2D eigenvalue weighted by Crippen LogP contribution is 2.25. The van der Waals surface area contributed by atoms with Gasteiger partial charge in [0.25, 0.3) is 0 Å². The molecule has 19 heavy (non-hydrogen) atoms. The van der Waals surface area contributed by atoms with Crippen LogP contribution in [0.1, 0.15) is 30.5 Å². The van der Waals surface area contributed by atoms with Crippen molar-refractivity contribution in [2.75, 3.05) is 11.6 Å². The smallest absolute Gasteiger partial charge is 0.0511 e. The summed E-state index contributed by atoms with van der Waals surface area (Å²) in [5.74, 6) is 0. The Hall–Kier alpha value is -1.41. The SMILES string of the molecule is CCC(Nc1cccc(SC)c1)c1ccc(C)cc1. The highest BCUT2D eigenvalue weighted by molar-refractivity contribution is 7.98. The molecule has 2 rings (SSSR count). The van der Waals surface area contributed by atoms with E-state index in [4.69, 9.17) is 0 Å². The topological polar surface area (TPSA) is 12.0 Å². The minimum atomic E-state index is 0.373. The Labute approximate surface area is 120 Å². The maximum absolute atomic E-state index is 3.63. The average Bonchev–Trinajstić information content (AvgIpc) is 2.46. The Morgan fingerprint density at radius 2 is 1.84 bits per heavy atom. The van der Waals surface area contributed by atoms with E-state index in [2.05, 4.69) is 74.0 Å². The Morgan fingerprint density at radius 1 is 1.11 bits per heavy atom. The van der Waals surface area contributed by atoms with Gasteiger partial charge in [0, 0.05) is 10.6 Å². The van der Waals surface area contributed by atoms with Gasteiger partial charge in [0.15, 0.2) is 0 Å². The molecule has 1 N–H and O–H groups in total. The van der Waals surface area contributed by atoms with Crippen molar-refractivity contribution < 1.29 is 0 Å². The molecule has 0 saturated heterocycles. The number of anilines is 1. The van der Waals surface area contributed by atoms with Gasteiger partial charge in [0.2, 0.25) is 0 Å². The molecule has 1 unspecified atom stereocenters. The summed E-state index contributed by atoms with van der Waals surface area (Å²) >= 11 is 1.78. The molecule has 2 heteroatoms. The van der Waals surface area contributed by atoms with Crippen LogP contribution in [0.3, 0.4) is 0 Å². The fourth-order valence-electron chi connectivity index (χ4n) is 2.13. The van der Waals surface area contributed by atoms with Crippen LogP contribution in [-0.2, 0) is 0 Å². The van der Waals surface area contributed by atoms with Crippen LogP contribution < -0.4 is 5.32 Å². The lowest BCUT2D eigenvalue weighted by atomic mass is 10.0. The van der Waals surface area contributed by atoms with Crippen LogP contribution in [0.15, 0.2) is 53.4 Å². The summed E-state index contributed by atoms with van der Waals surface area (Å²) < 4.78 is 0. The van der Waals surface area contributed by atoms with Crippen LogP contribution in [0.25, 0.3) is 0 Å². The highest BCUT2D eigenvalue weighted by atomic mass is 32.2. The molecule has 0 fully saturated rings. The summed E-state index contributed by atoms with van der Waals surface area (Å²) in [6.07, 6.45) is 3.18. The summed E-state index contributed by atoms with van der Waals surface area (Å²) in [5.41, 5.74) is 3.85. The second-order valence-electron chi connectivity index (χ2n) is 4.75. The summed E-state index contributed by atoms with van der Waals surface area (Å²) in [6.45, 7) is 4.34. The van der Waals surface area contributed by atoms with Crippen molar-refractivity contribution in [3.63, 3.8) is 0 Å². The fraction of sp³-hybridized carbons (Fsp3) is 0.294. The zero-order valence-electron chi connectivity index (χ0n) is 11.8. The average molecular weight is 271 g/mol. The van der Waals surface area contributed by atoms with E-state index in [9.17, 15) is 0 Å². The van der Waals surface area contributed by atoms with Crippen molar-refractivity contribution in [3.8, 4) is 0 Å². The summed E-state index contributed by atoms with van der Waals surface area (Å²) in [6, 6.07) is 17.8. The third-order valence-electron chi connectivity index (χ3n) is 3.30. The first kappa shape index (κ1) is 14.0. The lowest BCUT2D eigenvalue weighted by Gasteiger charge is -2.19. The van der Waals surface area contributed by atoms with E-state index in [1.54, 1.807) is 11.8 Å². The predicted octanol–water partition coefficient (Wildman–Crippen LogP) is 5.28. The van der Waals surface area contributed by atoms with Gasteiger partial charge in [-0.3, -0.25) is 0 Å². The molecule has 0 aromatic heterocycles. The van der Waals surface area contributed by atoms with Crippen molar-refractivity contribution in [3.05, 3.63) is 59.7 Å². The molecule has 2 aromatic rings. The maximum Gasteiger partial charge on any atom is 0.0511 e. The third kappa shape index (κ3) is 3.77. The molecular formula is C17H21NS. The molecule has 0 aliphatic rings. The molecule has 1 atom stereocenters. The van der Waals surface area contributed by atoms with Gasteiger partial charge in [0.1, 0.15) is 0 Å². The van der Waals surface area contributed by atoms with Crippen LogP contribution >= 0.6 is 11.8 Å². The standard InChI is InChI=1S/C17H21NS/c1-4-17(14-10-8-13(2)9-11-14)18-15-6-5-7-16(12-15)19-3/h5-12,17-18H,4H2,1-3H3. The Balaban J connectivity index is 2.16. The molecule has 0 aliphatic heterocycles. The quantitative estimate of drug-likeness (QED) is 0.742. The number of hydrogen-bond acceptors (Lipinski definition) is 2. The number of hydrogen-bond donors (Lipinski definition) is 1. The van der Waals surface area contributed by atoms with Crippen molar-refractivity contribution in [2.45, 2.75) is 31.2 Å². The fourth-order valence-corrected chi connectivity index (χ4v) is 2.59. The largest absolute Gasteiger partial charge is 0.378 e. The minimum Gasteiger partial charge on any atom is -0.378 e. The van der Waals surface area contributed by atoms with Crippen molar-refractivity contribution >= 4 is 17.4 Å². The van der Waals surface area contributed by atoms with Crippen molar-refractivity contribution in [2.24, 2.45) is 0 Å². The number of rotatable bonds is 5. The lowest BCUT2D eigenvalue weighted by Crippen LogP contribution is -2.09. The first-order valence-electron chi connectivity index (χ1n) is 6.70. The van der Waals surface area contributed by atoms with Gasteiger partial charge in [-0.15, -0.1) is 11.8 Å². The van der Waals surface area contributed by atoms with E-state index in [1.165, 1.54) is 21.7 Å². The Bertz CT molecular complexity index is 519. The summed E-state index contributed by atoms with van der Waals surface area (Å²) in [4.78, 5) is 1.30. The van der Waals surface area contributed by atoms with E-state index in [1.807, 2.05) is 0 Å². The minimum absolute atomic E-state index is 0.373. The predicted molar refractivity (Wildman–Crippen MR) is 86.1 cm³/mol. The molecule has 0 radical (unpaired) electrons. The van der Waals surface area contributed by atoms with E-state index in [0.29, 0.717) is 6.04 Å². The van der Waals surface area contributed by atoms with Gasteiger partial charge in [-0.05, 0) is 43.4 Å². The molecular weight excluding hydrogens is 250 g/mol. The molecule has 0 heterocycles. The van der Waals surface area contributed by atoms with E-state index in [-0.39, 0.29) is 0 Å². The van der Waals surface area contributed by atoms with E-state index >= 15 is 0 Å². The summed E-state index contributed by atoms with van der Waals surface area (Å²) in [5, 5.41) is 3.63.